The molecule has 1 N–H and O–H groups in total. The average molecular weight is 493 g/mol. The minimum atomic E-state index is -0.700. The second kappa shape index (κ2) is 11.2. The summed E-state index contributed by atoms with van der Waals surface area (Å²) in [6.07, 6.45) is 1.66. The molecule has 192 valence electrons. The van der Waals surface area contributed by atoms with Gasteiger partial charge in [0.2, 0.25) is 0 Å². The van der Waals surface area contributed by atoms with Crippen LogP contribution in [0.4, 0.5) is 0 Å². The maximum atomic E-state index is 13.4. The molecule has 36 heavy (non-hydrogen) atoms. The van der Waals surface area contributed by atoms with Gasteiger partial charge in [-0.2, -0.15) is 0 Å². The lowest BCUT2D eigenvalue weighted by molar-refractivity contribution is -0.140. The van der Waals surface area contributed by atoms with Crippen molar-refractivity contribution in [2.45, 2.75) is 52.7 Å². The number of likely N-dealkylation sites (N-methyl/N-ethyl adjacent to an activating group) is 1. The summed E-state index contributed by atoms with van der Waals surface area (Å²) in [4.78, 5) is 30.4. The number of aliphatic hydroxyl groups is 1. The Balaban J connectivity index is 1.78. The van der Waals surface area contributed by atoms with E-state index in [1.807, 2.05) is 50.2 Å². The zero-order valence-corrected chi connectivity index (χ0v) is 21.6. The Morgan fingerprint density at radius 1 is 1.14 bits per heavy atom. The molecule has 0 spiro atoms. The molecule has 2 aromatic carbocycles. The highest BCUT2D eigenvalue weighted by atomic mass is 16.5. The number of carbonyl (C=O) groups excluding carboxylic acids is 2. The van der Waals surface area contributed by atoms with Crippen LogP contribution in [0.3, 0.4) is 0 Å². The molecule has 2 aromatic rings. The Labute approximate surface area is 213 Å². The number of ketones is 1. The standard InChI is InChI=1S/C29H36N2O5/c1-5-15-35-23-10-8-9-20(18-23)26-25(28(33)29(34)31(26)14-13-30(6-2)7-3)27(32)21-11-12-24-22(17-21)16-19(4)36-24/h8-12,17-19,26,32H,5-7,13-16H2,1-4H3/b27-25+/t19-,26+/m1/s1. The predicted octanol–water partition coefficient (Wildman–Crippen LogP) is 4.56. The third kappa shape index (κ3) is 5.12. The Hall–Kier alpha value is -3.32. The van der Waals surface area contributed by atoms with Gasteiger partial charge in [0, 0.05) is 25.1 Å². The minimum absolute atomic E-state index is 0.0638. The van der Waals surface area contributed by atoms with Crippen LogP contribution >= 0.6 is 0 Å². The first kappa shape index (κ1) is 25.8. The average Bonchev–Trinajstić information content (AvgIpc) is 3.38. The fraction of sp³-hybridized carbons (Fsp3) is 0.448. The predicted molar refractivity (Wildman–Crippen MR) is 139 cm³/mol. The van der Waals surface area contributed by atoms with Gasteiger partial charge in [0.1, 0.15) is 23.4 Å². The summed E-state index contributed by atoms with van der Waals surface area (Å²) < 4.78 is 11.6. The van der Waals surface area contributed by atoms with E-state index in [4.69, 9.17) is 9.47 Å². The molecule has 1 saturated heterocycles. The number of benzene rings is 2. The topological polar surface area (TPSA) is 79.3 Å². The summed E-state index contributed by atoms with van der Waals surface area (Å²) in [5, 5.41) is 11.4. The van der Waals surface area contributed by atoms with Gasteiger partial charge in [-0.05, 0) is 67.9 Å². The van der Waals surface area contributed by atoms with E-state index in [2.05, 4.69) is 18.7 Å². The van der Waals surface area contributed by atoms with Crippen molar-refractivity contribution in [1.29, 1.82) is 0 Å². The van der Waals surface area contributed by atoms with Gasteiger partial charge in [0.15, 0.2) is 0 Å². The smallest absolute Gasteiger partial charge is 0.295 e. The Morgan fingerprint density at radius 3 is 2.64 bits per heavy atom. The largest absolute Gasteiger partial charge is 0.507 e. The van der Waals surface area contributed by atoms with Crippen molar-refractivity contribution < 1.29 is 24.2 Å². The fourth-order valence-electron chi connectivity index (χ4n) is 4.97. The van der Waals surface area contributed by atoms with Gasteiger partial charge < -0.3 is 24.4 Å². The Bertz CT molecular complexity index is 1150. The van der Waals surface area contributed by atoms with Crippen molar-refractivity contribution in [3.63, 3.8) is 0 Å². The number of ether oxygens (including phenoxy) is 2. The number of Topliss-reactive ketones (excluding diaryl/α,β-unsaturated/α-hetero) is 1. The van der Waals surface area contributed by atoms with Gasteiger partial charge >= 0.3 is 0 Å². The molecule has 1 fully saturated rings. The third-order valence-corrected chi connectivity index (χ3v) is 6.91. The van der Waals surface area contributed by atoms with Crippen LogP contribution in [-0.4, -0.2) is 65.5 Å². The van der Waals surface area contributed by atoms with Gasteiger partial charge in [0.25, 0.3) is 11.7 Å². The van der Waals surface area contributed by atoms with Gasteiger partial charge in [0.05, 0.1) is 18.2 Å². The highest BCUT2D eigenvalue weighted by molar-refractivity contribution is 6.46. The molecule has 1 amide bonds. The van der Waals surface area contributed by atoms with Crippen molar-refractivity contribution in [1.82, 2.24) is 9.80 Å². The van der Waals surface area contributed by atoms with Crippen molar-refractivity contribution in [3.8, 4) is 11.5 Å². The summed E-state index contributed by atoms with van der Waals surface area (Å²) in [5.41, 5.74) is 2.34. The third-order valence-electron chi connectivity index (χ3n) is 6.91. The van der Waals surface area contributed by atoms with E-state index in [-0.39, 0.29) is 17.4 Å². The highest BCUT2D eigenvalue weighted by Gasteiger charge is 2.46. The summed E-state index contributed by atoms with van der Waals surface area (Å²) in [6, 6.07) is 12.2. The zero-order valence-electron chi connectivity index (χ0n) is 21.6. The number of hydrogen-bond acceptors (Lipinski definition) is 6. The van der Waals surface area contributed by atoms with Gasteiger partial charge in [-0.25, -0.2) is 0 Å². The molecule has 0 aromatic heterocycles. The molecule has 7 heteroatoms. The number of carbonyl (C=O) groups is 2. The number of aliphatic hydroxyl groups excluding tert-OH is 1. The maximum Gasteiger partial charge on any atom is 0.295 e. The monoisotopic (exact) mass is 492 g/mol. The first-order valence-corrected chi connectivity index (χ1v) is 12.9. The normalized spacial score (nSPS) is 20.6. The number of fused-ring (bicyclic) bond motifs is 1. The molecule has 2 aliphatic heterocycles. The summed E-state index contributed by atoms with van der Waals surface area (Å²) in [7, 11) is 0. The molecule has 4 rings (SSSR count). The van der Waals surface area contributed by atoms with E-state index in [1.54, 1.807) is 11.0 Å². The van der Waals surface area contributed by atoms with Crippen LogP contribution in [0.2, 0.25) is 0 Å². The second-order valence-electron chi connectivity index (χ2n) is 9.40. The van der Waals surface area contributed by atoms with Crippen molar-refractivity contribution in [2.75, 3.05) is 32.8 Å². The fourth-order valence-corrected chi connectivity index (χ4v) is 4.97. The quantitative estimate of drug-likeness (QED) is 0.298. The van der Waals surface area contributed by atoms with E-state index in [1.165, 1.54) is 0 Å². The molecule has 2 heterocycles. The Kier molecular flexibility index (Phi) is 7.99. The molecule has 0 radical (unpaired) electrons. The van der Waals surface area contributed by atoms with Crippen LogP contribution in [0.15, 0.2) is 48.0 Å². The van der Waals surface area contributed by atoms with E-state index >= 15 is 0 Å². The van der Waals surface area contributed by atoms with Crippen molar-refractivity contribution >= 4 is 17.4 Å². The lowest BCUT2D eigenvalue weighted by atomic mass is 9.94. The minimum Gasteiger partial charge on any atom is -0.507 e. The van der Waals surface area contributed by atoms with Crippen molar-refractivity contribution in [3.05, 3.63) is 64.7 Å². The van der Waals surface area contributed by atoms with Crippen LogP contribution in [0.1, 0.15) is 56.8 Å². The molecule has 2 aliphatic rings. The Morgan fingerprint density at radius 2 is 1.92 bits per heavy atom. The SMILES string of the molecule is CCCOc1cccc([C@H]2/C(=C(\O)c3ccc4c(c3)C[C@@H](C)O4)C(=O)C(=O)N2CCN(CC)CC)c1. The maximum absolute atomic E-state index is 13.4. The molecular formula is C29H36N2O5. The number of nitrogens with zero attached hydrogens (tertiary/aromatic N) is 2. The molecule has 0 bridgehead atoms. The van der Waals surface area contributed by atoms with Crippen molar-refractivity contribution in [2.24, 2.45) is 0 Å². The molecule has 2 atom stereocenters. The molecule has 7 nitrogen and oxygen atoms in total. The number of amides is 1. The first-order chi connectivity index (χ1) is 17.4. The lowest BCUT2D eigenvalue weighted by Gasteiger charge is -2.28. The van der Waals surface area contributed by atoms with E-state index in [0.29, 0.717) is 31.0 Å². The van der Waals surface area contributed by atoms with Gasteiger partial charge in [-0.15, -0.1) is 0 Å². The first-order valence-electron chi connectivity index (χ1n) is 12.9. The second-order valence-corrected chi connectivity index (χ2v) is 9.40. The number of hydrogen-bond donors (Lipinski definition) is 1. The molecular weight excluding hydrogens is 456 g/mol. The lowest BCUT2D eigenvalue weighted by Crippen LogP contribution is -2.38. The van der Waals surface area contributed by atoms with Crippen LogP contribution < -0.4 is 9.47 Å². The van der Waals surface area contributed by atoms with E-state index in [9.17, 15) is 14.7 Å². The molecule has 0 aliphatic carbocycles. The molecule has 0 saturated carbocycles. The summed E-state index contributed by atoms with van der Waals surface area (Å²) in [5.74, 6) is 0.0445. The van der Waals surface area contributed by atoms with E-state index < -0.39 is 17.7 Å². The number of likely N-dealkylation sites (tertiary alicyclic amines) is 1. The van der Waals surface area contributed by atoms with Crippen LogP contribution in [0.5, 0.6) is 11.5 Å². The number of rotatable bonds is 10. The van der Waals surface area contributed by atoms with Crippen LogP contribution in [-0.2, 0) is 16.0 Å². The molecule has 0 unspecified atom stereocenters. The van der Waals surface area contributed by atoms with E-state index in [0.717, 1.165) is 42.8 Å². The highest BCUT2D eigenvalue weighted by Crippen LogP contribution is 2.41. The van der Waals surface area contributed by atoms with Crippen LogP contribution in [0, 0.1) is 0 Å². The van der Waals surface area contributed by atoms with Crippen LogP contribution in [0.25, 0.3) is 5.76 Å². The van der Waals surface area contributed by atoms with Gasteiger partial charge in [-0.1, -0.05) is 32.9 Å². The zero-order chi connectivity index (χ0) is 25.8. The summed E-state index contributed by atoms with van der Waals surface area (Å²) in [6.45, 7) is 11.5. The summed E-state index contributed by atoms with van der Waals surface area (Å²) >= 11 is 0. The van der Waals surface area contributed by atoms with Gasteiger partial charge in [-0.3, -0.25) is 9.59 Å².